The molecule has 1 fully saturated rings. The quantitative estimate of drug-likeness (QED) is 0.141. The van der Waals surface area contributed by atoms with Gasteiger partial charge >= 0.3 is 41.8 Å². The molecular weight excluding hydrogens is 460 g/mol. The molecule has 5 N–H and O–H groups in total. The first-order valence-electron chi connectivity index (χ1n) is 9.05. The number of hydrogen-bond donors (Lipinski definition) is 3. The third-order valence-electron chi connectivity index (χ3n) is 3.50. The second-order valence-corrected chi connectivity index (χ2v) is 6.30. The molecule has 2 unspecified atom stereocenters. The van der Waals surface area contributed by atoms with E-state index in [9.17, 15) is 38.7 Å². The van der Waals surface area contributed by atoms with Crippen molar-refractivity contribution in [1.82, 2.24) is 0 Å². The molecule has 0 saturated carbocycles. The molecule has 1 aliphatic heterocycles. The van der Waals surface area contributed by atoms with Crippen LogP contribution in [0.5, 0.6) is 0 Å². The number of esters is 1. The van der Waals surface area contributed by atoms with Crippen LogP contribution in [0.3, 0.4) is 0 Å². The molecule has 0 spiro atoms. The molecule has 33 heavy (non-hydrogen) atoms. The molecule has 0 aliphatic carbocycles. The van der Waals surface area contributed by atoms with Crippen LogP contribution >= 0.6 is 0 Å². The number of nitrogens with two attached hydrogens (primary N) is 2. The Kier molecular flexibility index (Phi) is 10.6. The van der Waals surface area contributed by atoms with E-state index in [1.807, 2.05) is 0 Å². The normalized spacial score (nSPS) is 20.5. The number of aliphatic hydroxyl groups is 1. The summed E-state index contributed by atoms with van der Waals surface area (Å²) >= 11 is 0. The molecule has 0 aromatic rings. The van der Waals surface area contributed by atoms with Crippen molar-refractivity contribution in [3.05, 3.63) is 0 Å². The highest BCUT2D eigenvalue weighted by molar-refractivity contribution is 5.90. The van der Waals surface area contributed by atoms with Gasteiger partial charge in [0.2, 0.25) is 0 Å². The molecule has 1 heterocycles. The lowest BCUT2D eigenvalue weighted by Crippen LogP contribution is -2.45. The highest BCUT2D eigenvalue weighted by Crippen LogP contribution is 2.21. The smallest absolute Gasteiger partial charge is 0.387 e. The summed E-state index contributed by atoms with van der Waals surface area (Å²) in [4.78, 5) is 106. The van der Waals surface area contributed by atoms with Crippen molar-refractivity contribution in [2.24, 2.45) is 11.5 Å². The number of ether oxygens (including phenoxy) is 1. The van der Waals surface area contributed by atoms with Crippen LogP contribution in [-0.4, -0.2) is 65.3 Å². The van der Waals surface area contributed by atoms with Crippen LogP contribution in [0.1, 0.15) is 38.5 Å². The summed E-state index contributed by atoms with van der Waals surface area (Å²) in [6.45, 7) is -0.158. The van der Waals surface area contributed by atoms with Crippen molar-refractivity contribution in [3.8, 4) is 0 Å². The van der Waals surface area contributed by atoms with Crippen molar-refractivity contribution in [2.45, 2.75) is 50.4 Å². The fraction of sp³-hybridized carbons (Fsp3) is 0.562. The molecule has 17 heteroatoms. The van der Waals surface area contributed by atoms with Gasteiger partial charge in [-0.25, -0.2) is 58.1 Å². The van der Waals surface area contributed by atoms with Crippen molar-refractivity contribution < 1.29 is 72.7 Å². The molecule has 1 saturated heterocycles. The van der Waals surface area contributed by atoms with Crippen molar-refractivity contribution in [3.63, 3.8) is 0 Å². The number of carbonyl (C=O) groups excluding carboxylic acids is 7. The van der Waals surface area contributed by atoms with Gasteiger partial charge in [-0.1, -0.05) is 0 Å². The van der Waals surface area contributed by atoms with E-state index in [-0.39, 0.29) is 6.54 Å². The molecule has 1 rings (SSSR count). The second-order valence-electron chi connectivity index (χ2n) is 6.30. The van der Waals surface area contributed by atoms with E-state index in [1.165, 1.54) is 0 Å². The minimum absolute atomic E-state index is 0.158. The van der Waals surface area contributed by atoms with E-state index in [0.29, 0.717) is 0 Å². The largest absolute Gasteiger partial charge is 0.445 e. The van der Waals surface area contributed by atoms with Gasteiger partial charge in [0.1, 0.15) is 0 Å². The lowest BCUT2D eigenvalue weighted by molar-refractivity contribution is -0.282. The SMILES string of the molecule is NCC(N)OC(=O)CCC(=O)OOC(=O)CC1(O)CC(=O)OOC(=O)CCC(=O)OOC1=O. The zero-order chi connectivity index (χ0) is 25.0. The monoisotopic (exact) mass is 480 g/mol. The Hall–Kier alpha value is -3.83. The van der Waals surface area contributed by atoms with Gasteiger partial charge in [-0.15, -0.1) is 0 Å². The molecule has 0 aromatic heterocycles. The summed E-state index contributed by atoms with van der Waals surface area (Å²) in [5.41, 5.74) is 7.37. The van der Waals surface area contributed by atoms with Gasteiger partial charge in [-0.05, 0) is 0 Å². The summed E-state index contributed by atoms with van der Waals surface area (Å²) in [6.07, 6.45) is -6.10. The zero-order valence-electron chi connectivity index (χ0n) is 16.8. The maximum absolute atomic E-state index is 12.0. The van der Waals surface area contributed by atoms with Crippen LogP contribution in [-0.2, 0) is 67.6 Å². The Morgan fingerprint density at radius 3 is 2.00 bits per heavy atom. The van der Waals surface area contributed by atoms with Gasteiger partial charge in [0, 0.05) is 6.54 Å². The van der Waals surface area contributed by atoms with Gasteiger partial charge in [0.15, 0.2) is 11.8 Å². The van der Waals surface area contributed by atoms with Gasteiger partial charge in [-0.2, -0.15) is 0 Å². The van der Waals surface area contributed by atoms with Crippen LogP contribution < -0.4 is 11.5 Å². The molecule has 2 atom stereocenters. The lowest BCUT2D eigenvalue weighted by atomic mass is 9.96. The molecule has 0 bridgehead atoms. The lowest BCUT2D eigenvalue weighted by Gasteiger charge is -2.22. The van der Waals surface area contributed by atoms with Crippen LogP contribution in [0.2, 0.25) is 0 Å². The highest BCUT2D eigenvalue weighted by Gasteiger charge is 2.46. The maximum atomic E-state index is 12.0. The van der Waals surface area contributed by atoms with E-state index in [1.54, 1.807) is 0 Å². The Labute approximate surface area is 183 Å². The average molecular weight is 480 g/mol. The van der Waals surface area contributed by atoms with E-state index in [0.717, 1.165) is 0 Å². The molecule has 1 aliphatic rings. The predicted octanol–water partition coefficient (Wildman–Crippen LogP) is -3.14. The van der Waals surface area contributed by atoms with E-state index < -0.39 is 92.1 Å². The first kappa shape index (κ1) is 27.2. The first-order chi connectivity index (χ1) is 15.4. The summed E-state index contributed by atoms with van der Waals surface area (Å²) in [5, 5.41) is 10.3. The number of hydrogen-bond acceptors (Lipinski definition) is 17. The molecule has 184 valence electrons. The van der Waals surface area contributed by atoms with Crippen molar-refractivity contribution in [1.29, 1.82) is 0 Å². The topological polar surface area (TPSA) is 256 Å². The van der Waals surface area contributed by atoms with Gasteiger partial charge < -0.3 is 15.6 Å². The molecule has 0 amide bonds. The van der Waals surface area contributed by atoms with E-state index >= 15 is 0 Å². The second kappa shape index (κ2) is 12.9. The Morgan fingerprint density at radius 1 is 0.879 bits per heavy atom. The average Bonchev–Trinajstić information content (AvgIpc) is 2.76. The highest BCUT2D eigenvalue weighted by atomic mass is 17.2. The van der Waals surface area contributed by atoms with E-state index in [2.05, 4.69) is 34.1 Å². The minimum atomic E-state index is -3.05. The first-order valence-corrected chi connectivity index (χ1v) is 9.05. The van der Waals surface area contributed by atoms with Gasteiger partial charge in [0.05, 0.1) is 38.5 Å². The zero-order valence-corrected chi connectivity index (χ0v) is 16.8. The summed E-state index contributed by atoms with van der Waals surface area (Å²) < 4.78 is 4.59. The number of rotatable bonds is 7. The van der Waals surface area contributed by atoms with Crippen LogP contribution in [0.25, 0.3) is 0 Å². The molecule has 0 radical (unpaired) electrons. The molecular formula is C16H20N2O15. The summed E-state index contributed by atoms with van der Waals surface area (Å²) in [6, 6.07) is 0. The minimum Gasteiger partial charge on any atom is -0.445 e. The third kappa shape index (κ3) is 10.4. The summed E-state index contributed by atoms with van der Waals surface area (Å²) in [5.74, 6) is -9.35. The fourth-order valence-corrected chi connectivity index (χ4v) is 1.90. The third-order valence-corrected chi connectivity index (χ3v) is 3.50. The van der Waals surface area contributed by atoms with Crippen LogP contribution in [0.4, 0.5) is 0 Å². The predicted molar refractivity (Wildman–Crippen MR) is 92.3 cm³/mol. The Bertz CT molecular complexity index is 797. The van der Waals surface area contributed by atoms with Crippen molar-refractivity contribution in [2.75, 3.05) is 6.54 Å². The van der Waals surface area contributed by atoms with Gasteiger partial charge in [0.25, 0.3) is 0 Å². The Balaban J connectivity index is 2.65. The standard InChI is InChI=1S/C16H20N2O15/c17-7-8(18)27-9(19)1-2-10(20)28-31-13(23)5-16(26)6-14(24)32-29-11(21)3-4-12(22)30-33-15(16)25/h8,26H,1-7,17-18H2. The van der Waals surface area contributed by atoms with E-state index in [4.69, 9.17) is 11.5 Å². The molecule has 17 nitrogen and oxygen atoms in total. The van der Waals surface area contributed by atoms with Gasteiger partial charge in [-0.3, -0.25) is 10.5 Å². The maximum Gasteiger partial charge on any atom is 0.387 e. The van der Waals surface area contributed by atoms with Crippen LogP contribution in [0, 0.1) is 0 Å². The summed E-state index contributed by atoms with van der Waals surface area (Å²) in [7, 11) is 0. The van der Waals surface area contributed by atoms with Crippen LogP contribution in [0.15, 0.2) is 0 Å². The fourth-order valence-electron chi connectivity index (χ4n) is 1.90. The van der Waals surface area contributed by atoms with Crippen molar-refractivity contribution >= 4 is 41.8 Å². The Morgan fingerprint density at radius 2 is 1.39 bits per heavy atom. The molecule has 0 aromatic carbocycles. The number of carbonyl (C=O) groups is 7.